The van der Waals surface area contributed by atoms with Crippen LogP contribution in [0, 0.1) is 12.7 Å². The van der Waals surface area contributed by atoms with Gasteiger partial charge in [-0.2, -0.15) is 0 Å². The maximum absolute atomic E-state index is 13.2. The lowest BCUT2D eigenvalue weighted by molar-refractivity contribution is 0.200. The van der Waals surface area contributed by atoms with Gasteiger partial charge >= 0.3 is 6.03 Å². The van der Waals surface area contributed by atoms with Gasteiger partial charge in [0.2, 0.25) is 0 Å². The van der Waals surface area contributed by atoms with Crippen LogP contribution in [0.4, 0.5) is 9.18 Å². The number of hydrogen-bond donors (Lipinski definition) is 3. The average Bonchev–Trinajstić information content (AvgIpc) is 2.59. The Morgan fingerprint density at radius 3 is 2.67 bits per heavy atom. The maximum Gasteiger partial charge on any atom is 0.315 e. The highest BCUT2D eigenvalue weighted by Crippen LogP contribution is 2.17. The molecule has 0 aliphatic heterocycles. The topological polar surface area (TPSA) is 70.6 Å². The predicted octanol–water partition coefficient (Wildman–Crippen LogP) is 2.50. The van der Waals surface area contributed by atoms with E-state index in [0.29, 0.717) is 24.4 Å². The molecule has 2 aromatic rings. The number of carbonyl (C=O) groups excluding carboxylic acids is 1. The molecule has 5 nitrogen and oxygen atoms in total. The molecule has 0 unspecified atom stereocenters. The summed E-state index contributed by atoms with van der Waals surface area (Å²) in [4.78, 5) is 11.9. The maximum atomic E-state index is 13.2. The minimum absolute atomic E-state index is 0.0701. The average molecular weight is 332 g/mol. The number of halogens is 1. The van der Waals surface area contributed by atoms with E-state index >= 15 is 0 Å². The SMILES string of the molecule is Cc1cc(CNC(=O)NCc2ccccc2OCCO)ccc1F. The highest BCUT2D eigenvalue weighted by Gasteiger charge is 2.06. The van der Waals surface area contributed by atoms with Gasteiger partial charge in [-0.15, -0.1) is 0 Å². The zero-order valence-electron chi connectivity index (χ0n) is 13.5. The van der Waals surface area contributed by atoms with E-state index in [1.165, 1.54) is 6.07 Å². The second kappa shape index (κ2) is 8.88. The van der Waals surface area contributed by atoms with Crippen molar-refractivity contribution in [1.29, 1.82) is 0 Å². The highest BCUT2D eigenvalue weighted by molar-refractivity contribution is 5.73. The van der Waals surface area contributed by atoms with Crippen molar-refractivity contribution in [1.82, 2.24) is 10.6 Å². The smallest absolute Gasteiger partial charge is 0.315 e. The Labute approximate surface area is 140 Å². The molecule has 2 amide bonds. The normalized spacial score (nSPS) is 10.3. The standard InChI is InChI=1S/C18H21FN2O3/c1-13-10-14(6-7-16(13)19)11-20-18(23)21-12-15-4-2-3-5-17(15)24-9-8-22/h2-7,10,22H,8-9,11-12H2,1H3,(H2,20,21,23). The van der Waals surface area contributed by atoms with Crippen LogP contribution in [0.5, 0.6) is 5.75 Å². The van der Waals surface area contributed by atoms with E-state index in [2.05, 4.69) is 10.6 Å². The summed E-state index contributed by atoms with van der Waals surface area (Å²) in [6, 6.07) is 11.7. The summed E-state index contributed by atoms with van der Waals surface area (Å²) in [5.74, 6) is 0.365. The number of benzene rings is 2. The number of urea groups is 1. The van der Waals surface area contributed by atoms with Crippen LogP contribution in [0.15, 0.2) is 42.5 Å². The third-order valence-corrected chi connectivity index (χ3v) is 3.44. The summed E-state index contributed by atoms with van der Waals surface area (Å²) in [6.07, 6.45) is 0. The van der Waals surface area contributed by atoms with Crippen LogP contribution in [0.2, 0.25) is 0 Å². The zero-order valence-corrected chi connectivity index (χ0v) is 13.5. The Morgan fingerprint density at radius 2 is 1.92 bits per heavy atom. The van der Waals surface area contributed by atoms with Crippen LogP contribution in [-0.4, -0.2) is 24.4 Å². The predicted molar refractivity (Wildman–Crippen MR) is 89.2 cm³/mol. The minimum atomic E-state index is -0.325. The Bertz CT molecular complexity index is 692. The number of aryl methyl sites for hydroxylation is 1. The van der Waals surface area contributed by atoms with Crippen molar-refractivity contribution >= 4 is 6.03 Å². The van der Waals surface area contributed by atoms with Crippen molar-refractivity contribution < 1.29 is 19.0 Å². The van der Waals surface area contributed by atoms with Gasteiger partial charge in [-0.1, -0.05) is 30.3 Å². The summed E-state index contributed by atoms with van der Waals surface area (Å²) < 4.78 is 18.6. The van der Waals surface area contributed by atoms with Crippen LogP contribution in [0.25, 0.3) is 0 Å². The van der Waals surface area contributed by atoms with Crippen molar-refractivity contribution in [2.45, 2.75) is 20.0 Å². The van der Waals surface area contributed by atoms with Crippen LogP contribution in [0.3, 0.4) is 0 Å². The van der Waals surface area contributed by atoms with Crippen molar-refractivity contribution in [3.8, 4) is 5.75 Å². The Kier molecular flexibility index (Phi) is 6.57. The molecule has 0 saturated carbocycles. The minimum Gasteiger partial charge on any atom is -0.491 e. The molecule has 0 spiro atoms. The molecule has 0 saturated heterocycles. The molecule has 3 N–H and O–H groups in total. The molecule has 0 fully saturated rings. The first-order chi connectivity index (χ1) is 11.6. The van der Waals surface area contributed by atoms with Crippen LogP contribution >= 0.6 is 0 Å². The van der Waals surface area contributed by atoms with Gasteiger partial charge < -0.3 is 20.5 Å². The molecule has 0 atom stereocenters. The van der Waals surface area contributed by atoms with Crippen molar-refractivity contribution in [2.75, 3.05) is 13.2 Å². The number of nitrogens with one attached hydrogen (secondary N) is 2. The number of ether oxygens (including phenoxy) is 1. The molecule has 0 aliphatic carbocycles. The molecule has 0 heterocycles. The fourth-order valence-corrected chi connectivity index (χ4v) is 2.18. The lowest BCUT2D eigenvalue weighted by atomic mass is 10.1. The number of rotatable bonds is 7. The third-order valence-electron chi connectivity index (χ3n) is 3.44. The Hall–Kier alpha value is -2.60. The van der Waals surface area contributed by atoms with Crippen LogP contribution in [-0.2, 0) is 13.1 Å². The molecule has 0 aliphatic rings. The Morgan fingerprint density at radius 1 is 1.17 bits per heavy atom. The van der Waals surface area contributed by atoms with Gasteiger partial charge in [0.15, 0.2) is 0 Å². The van der Waals surface area contributed by atoms with Crippen LogP contribution < -0.4 is 15.4 Å². The quantitative estimate of drug-likeness (QED) is 0.729. The van der Waals surface area contributed by atoms with Gasteiger partial charge in [0.05, 0.1) is 6.61 Å². The first-order valence-corrected chi connectivity index (χ1v) is 7.68. The van der Waals surface area contributed by atoms with Gasteiger partial charge in [-0.05, 0) is 30.2 Å². The van der Waals surface area contributed by atoms with Crippen molar-refractivity contribution in [2.24, 2.45) is 0 Å². The zero-order chi connectivity index (χ0) is 17.4. The first-order valence-electron chi connectivity index (χ1n) is 7.68. The number of aliphatic hydroxyl groups is 1. The van der Waals surface area contributed by atoms with Crippen molar-refractivity contribution in [3.63, 3.8) is 0 Å². The molecule has 24 heavy (non-hydrogen) atoms. The summed E-state index contributed by atoms with van der Waals surface area (Å²) in [7, 11) is 0. The summed E-state index contributed by atoms with van der Waals surface area (Å²) in [6.45, 7) is 2.43. The third kappa shape index (κ3) is 5.24. The lowest BCUT2D eigenvalue weighted by Gasteiger charge is -2.12. The molecular weight excluding hydrogens is 311 g/mol. The van der Waals surface area contributed by atoms with Gasteiger partial charge in [0, 0.05) is 18.7 Å². The number of carbonyl (C=O) groups is 1. The molecule has 0 bridgehead atoms. The van der Waals surface area contributed by atoms with E-state index in [0.717, 1.165) is 11.1 Å². The number of amides is 2. The van der Waals surface area contributed by atoms with Gasteiger partial charge in [-0.3, -0.25) is 0 Å². The molecule has 6 heteroatoms. The molecule has 128 valence electrons. The van der Waals surface area contributed by atoms with Crippen molar-refractivity contribution in [3.05, 3.63) is 65.0 Å². The fourth-order valence-electron chi connectivity index (χ4n) is 2.18. The number of para-hydroxylation sites is 1. The van der Waals surface area contributed by atoms with E-state index in [9.17, 15) is 9.18 Å². The lowest BCUT2D eigenvalue weighted by Crippen LogP contribution is -2.34. The van der Waals surface area contributed by atoms with E-state index in [1.807, 2.05) is 18.2 Å². The second-order valence-corrected chi connectivity index (χ2v) is 5.30. The van der Waals surface area contributed by atoms with E-state index in [4.69, 9.17) is 9.84 Å². The first kappa shape index (κ1) is 17.7. The van der Waals surface area contributed by atoms with E-state index in [-0.39, 0.29) is 25.1 Å². The molecule has 2 aromatic carbocycles. The molecule has 0 aromatic heterocycles. The monoisotopic (exact) mass is 332 g/mol. The fraction of sp³-hybridized carbons (Fsp3) is 0.278. The van der Waals surface area contributed by atoms with Crippen LogP contribution in [0.1, 0.15) is 16.7 Å². The second-order valence-electron chi connectivity index (χ2n) is 5.30. The Balaban J connectivity index is 1.84. The van der Waals surface area contributed by atoms with E-state index in [1.54, 1.807) is 25.1 Å². The van der Waals surface area contributed by atoms with E-state index < -0.39 is 0 Å². The summed E-state index contributed by atoms with van der Waals surface area (Å²) in [5.41, 5.74) is 2.19. The summed E-state index contributed by atoms with van der Waals surface area (Å²) >= 11 is 0. The molecule has 2 rings (SSSR count). The molecule has 0 radical (unpaired) electrons. The largest absolute Gasteiger partial charge is 0.491 e. The van der Waals surface area contributed by atoms with Gasteiger partial charge in [0.25, 0.3) is 0 Å². The number of aliphatic hydroxyl groups excluding tert-OH is 1. The number of hydrogen-bond acceptors (Lipinski definition) is 3. The highest BCUT2D eigenvalue weighted by atomic mass is 19.1. The summed E-state index contributed by atoms with van der Waals surface area (Å²) in [5, 5.41) is 14.3. The van der Waals surface area contributed by atoms with Gasteiger partial charge in [-0.25, -0.2) is 9.18 Å². The van der Waals surface area contributed by atoms with Gasteiger partial charge in [0.1, 0.15) is 18.2 Å². The molecular formula is C18H21FN2O3.